The lowest BCUT2D eigenvalue weighted by atomic mass is 9.86. The summed E-state index contributed by atoms with van der Waals surface area (Å²) in [7, 11) is 0. The Hall–Kier alpha value is -1.31. The highest BCUT2D eigenvalue weighted by Crippen LogP contribution is 2.38. The van der Waals surface area contributed by atoms with Crippen molar-refractivity contribution in [2.45, 2.75) is 51.3 Å². The van der Waals surface area contributed by atoms with Crippen molar-refractivity contribution in [2.24, 2.45) is 0 Å². The van der Waals surface area contributed by atoms with Crippen LogP contribution < -0.4 is 0 Å². The highest BCUT2D eigenvalue weighted by molar-refractivity contribution is 7.11. The van der Waals surface area contributed by atoms with Crippen molar-refractivity contribution < 1.29 is 4.74 Å². The molecular weight excluding hydrogens is 310 g/mol. The molecule has 1 aliphatic carbocycles. The van der Waals surface area contributed by atoms with E-state index in [4.69, 9.17) is 4.74 Å². The molecular formula is C16H23N5OS. The number of rotatable bonds is 5. The number of morpholine rings is 1. The lowest BCUT2D eigenvalue weighted by Gasteiger charge is -2.32. The highest BCUT2D eigenvalue weighted by atomic mass is 32.1. The summed E-state index contributed by atoms with van der Waals surface area (Å²) in [5, 5.41) is 9.61. The van der Waals surface area contributed by atoms with Crippen LogP contribution in [0.5, 0.6) is 0 Å². The summed E-state index contributed by atoms with van der Waals surface area (Å²) < 4.78 is 7.99. The van der Waals surface area contributed by atoms with Gasteiger partial charge in [0.15, 0.2) is 5.82 Å². The molecule has 124 valence electrons. The minimum absolute atomic E-state index is 0.0187. The van der Waals surface area contributed by atoms with E-state index < -0.39 is 0 Å². The van der Waals surface area contributed by atoms with Crippen molar-refractivity contribution in [1.82, 2.24) is 24.6 Å². The van der Waals surface area contributed by atoms with Gasteiger partial charge >= 0.3 is 0 Å². The fourth-order valence-electron chi connectivity index (χ4n) is 3.22. The molecule has 2 aliphatic rings. The average Bonchev–Trinajstić information content (AvgIpc) is 3.15. The van der Waals surface area contributed by atoms with E-state index in [9.17, 15) is 0 Å². The number of aromatic nitrogens is 4. The first-order valence-corrected chi connectivity index (χ1v) is 9.31. The smallest absolute Gasteiger partial charge is 0.163 e. The maximum atomic E-state index is 5.93. The van der Waals surface area contributed by atoms with Gasteiger partial charge in [0.25, 0.3) is 0 Å². The van der Waals surface area contributed by atoms with Gasteiger partial charge in [-0.15, -0.1) is 21.5 Å². The van der Waals surface area contributed by atoms with E-state index in [1.807, 2.05) is 11.3 Å². The van der Waals surface area contributed by atoms with Crippen LogP contribution in [-0.4, -0.2) is 44.3 Å². The van der Waals surface area contributed by atoms with Crippen molar-refractivity contribution in [2.75, 3.05) is 19.7 Å². The van der Waals surface area contributed by atoms with E-state index in [0.29, 0.717) is 0 Å². The summed E-state index contributed by atoms with van der Waals surface area (Å²) in [6, 6.07) is 0. The predicted octanol–water partition coefficient (Wildman–Crippen LogP) is 2.60. The second-order valence-corrected chi connectivity index (χ2v) is 7.51. The zero-order chi connectivity index (χ0) is 15.6. The van der Waals surface area contributed by atoms with Gasteiger partial charge in [-0.2, -0.15) is 0 Å². The summed E-state index contributed by atoms with van der Waals surface area (Å²) in [4.78, 5) is 8.44. The minimum Gasteiger partial charge on any atom is -0.368 e. The van der Waals surface area contributed by atoms with E-state index in [2.05, 4.69) is 37.8 Å². The van der Waals surface area contributed by atoms with Crippen LogP contribution in [0.4, 0.5) is 0 Å². The molecule has 0 radical (unpaired) electrons. The fourth-order valence-corrected chi connectivity index (χ4v) is 4.35. The Bertz CT molecular complexity index is 650. The summed E-state index contributed by atoms with van der Waals surface area (Å²) in [5.41, 5.74) is 0. The molecule has 1 saturated carbocycles. The van der Waals surface area contributed by atoms with Crippen LogP contribution in [0.3, 0.4) is 0 Å². The van der Waals surface area contributed by atoms with E-state index in [1.165, 1.54) is 29.1 Å². The fraction of sp³-hybridized carbons (Fsp3) is 0.688. The van der Waals surface area contributed by atoms with Gasteiger partial charge in [-0.25, -0.2) is 4.98 Å². The number of aryl methyl sites for hydroxylation is 1. The molecule has 0 amide bonds. The van der Waals surface area contributed by atoms with E-state index in [0.717, 1.165) is 44.5 Å². The van der Waals surface area contributed by atoms with Gasteiger partial charge < -0.3 is 9.30 Å². The molecule has 3 heterocycles. The molecule has 6 nitrogen and oxygen atoms in total. The topological polar surface area (TPSA) is 56.1 Å². The first-order chi connectivity index (χ1) is 11.3. The molecule has 0 N–H and O–H groups in total. The van der Waals surface area contributed by atoms with Crippen molar-refractivity contribution in [3.8, 4) is 0 Å². The Morgan fingerprint density at radius 1 is 1.39 bits per heavy atom. The predicted molar refractivity (Wildman–Crippen MR) is 88.4 cm³/mol. The molecule has 23 heavy (non-hydrogen) atoms. The SMILES string of the molecule is CCn1cnnc1[C@H]1CN(Cc2cnc(C3CCC3)s2)CCO1. The highest BCUT2D eigenvalue weighted by Gasteiger charge is 2.27. The van der Waals surface area contributed by atoms with Gasteiger partial charge in [0, 0.05) is 43.2 Å². The Kier molecular flexibility index (Phi) is 4.41. The minimum atomic E-state index is 0.0187. The molecule has 1 saturated heterocycles. The maximum Gasteiger partial charge on any atom is 0.163 e. The van der Waals surface area contributed by atoms with Crippen LogP contribution in [0.1, 0.15) is 53.9 Å². The van der Waals surface area contributed by atoms with Crippen LogP contribution in [0.25, 0.3) is 0 Å². The molecule has 2 aromatic rings. The van der Waals surface area contributed by atoms with Crippen LogP contribution in [0.15, 0.2) is 12.5 Å². The molecule has 2 fully saturated rings. The molecule has 0 bridgehead atoms. The van der Waals surface area contributed by atoms with Crippen LogP contribution in [-0.2, 0) is 17.8 Å². The zero-order valence-corrected chi connectivity index (χ0v) is 14.3. The third kappa shape index (κ3) is 3.18. The van der Waals surface area contributed by atoms with Crippen LogP contribution >= 0.6 is 11.3 Å². The third-order valence-electron chi connectivity index (χ3n) is 4.83. The Balaban J connectivity index is 1.40. The number of nitrogens with zero attached hydrogens (tertiary/aromatic N) is 5. The van der Waals surface area contributed by atoms with Gasteiger partial charge in [0.2, 0.25) is 0 Å². The largest absolute Gasteiger partial charge is 0.368 e. The lowest BCUT2D eigenvalue weighted by Crippen LogP contribution is -2.38. The van der Waals surface area contributed by atoms with Gasteiger partial charge in [-0.1, -0.05) is 6.42 Å². The Morgan fingerprint density at radius 2 is 2.30 bits per heavy atom. The van der Waals surface area contributed by atoms with E-state index in [-0.39, 0.29) is 6.10 Å². The molecule has 0 spiro atoms. The van der Waals surface area contributed by atoms with Crippen molar-refractivity contribution in [3.63, 3.8) is 0 Å². The second kappa shape index (κ2) is 6.67. The maximum absolute atomic E-state index is 5.93. The molecule has 4 rings (SSSR count). The van der Waals surface area contributed by atoms with Gasteiger partial charge in [0.05, 0.1) is 11.6 Å². The summed E-state index contributed by atoms with van der Waals surface area (Å²) >= 11 is 1.89. The van der Waals surface area contributed by atoms with Gasteiger partial charge in [0.1, 0.15) is 12.4 Å². The monoisotopic (exact) mass is 333 g/mol. The second-order valence-electron chi connectivity index (χ2n) is 6.36. The zero-order valence-electron chi connectivity index (χ0n) is 13.5. The summed E-state index contributed by atoms with van der Waals surface area (Å²) in [5.74, 6) is 1.67. The van der Waals surface area contributed by atoms with E-state index >= 15 is 0 Å². The first kappa shape index (κ1) is 15.2. The standard InChI is InChI=1S/C16H23N5OS/c1-2-21-11-18-19-15(21)14-10-20(6-7-22-14)9-13-8-17-16(23-13)12-4-3-5-12/h8,11-12,14H,2-7,9-10H2,1H3/t14-/m1/s1. The van der Waals surface area contributed by atoms with E-state index in [1.54, 1.807) is 6.33 Å². The number of hydrogen-bond donors (Lipinski definition) is 0. The van der Waals surface area contributed by atoms with Crippen LogP contribution in [0, 0.1) is 0 Å². The molecule has 1 aliphatic heterocycles. The van der Waals surface area contributed by atoms with Gasteiger partial charge in [-0.3, -0.25) is 4.90 Å². The molecule has 7 heteroatoms. The van der Waals surface area contributed by atoms with Crippen molar-refractivity contribution in [1.29, 1.82) is 0 Å². The average molecular weight is 333 g/mol. The Morgan fingerprint density at radius 3 is 3.09 bits per heavy atom. The number of thiazole rings is 1. The molecule has 1 atom stereocenters. The molecule has 2 aromatic heterocycles. The lowest BCUT2D eigenvalue weighted by molar-refractivity contribution is -0.0386. The number of hydrogen-bond acceptors (Lipinski definition) is 6. The van der Waals surface area contributed by atoms with Crippen molar-refractivity contribution >= 4 is 11.3 Å². The van der Waals surface area contributed by atoms with Gasteiger partial charge in [-0.05, 0) is 19.8 Å². The quantitative estimate of drug-likeness (QED) is 0.842. The van der Waals surface area contributed by atoms with Crippen LogP contribution in [0.2, 0.25) is 0 Å². The number of ether oxygens (including phenoxy) is 1. The summed E-state index contributed by atoms with van der Waals surface area (Å²) in [6.07, 6.45) is 7.87. The van der Waals surface area contributed by atoms with Crippen molar-refractivity contribution in [3.05, 3.63) is 28.2 Å². The summed E-state index contributed by atoms with van der Waals surface area (Å²) in [6.45, 7) is 6.53. The molecule has 0 unspecified atom stereocenters. The third-order valence-corrected chi connectivity index (χ3v) is 5.97. The Labute approximate surface area is 140 Å². The first-order valence-electron chi connectivity index (χ1n) is 8.49. The molecule has 0 aromatic carbocycles. The normalized spacial score (nSPS) is 23.1.